The van der Waals surface area contributed by atoms with E-state index < -0.39 is 0 Å². The SMILES string of the molecule is CC(Nc1ncnc(N)c1C#N)c1nc(N2CCN(C)CC2)c2cccn2n1. The first-order valence-corrected chi connectivity index (χ1v) is 9.12. The molecule has 0 bridgehead atoms. The Morgan fingerprint density at radius 1 is 1.25 bits per heavy atom. The summed E-state index contributed by atoms with van der Waals surface area (Å²) in [6.07, 6.45) is 3.24. The van der Waals surface area contributed by atoms with Gasteiger partial charge in [-0.1, -0.05) is 0 Å². The zero-order valence-corrected chi connectivity index (χ0v) is 15.9. The third-order valence-electron chi connectivity index (χ3n) is 4.92. The molecule has 144 valence electrons. The number of rotatable bonds is 4. The third kappa shape index (κ3) is 3.27. The second kappa shape index (κ2) is 7.28. The molecule has 0 aliphatic carbocycles. The number of nitrogens with zero attached hydrogens (tertiary/aromatic N) is 8. The van der Waals surface area contributed by atoms with Crippen LogP contribution in [0.2, 0.25) is 0 Å². The number of piperazine rings is 1. The summed E-state index contributed by atoms with van der Waals surface area (Å²) >= 11 is 0. The van der Waals surface area contributed by atoms with Gasteiger partial charge in [0, 0.05) is 32.4 Å². The van der Waals surface area contributed by atoms with Gasteiger partial charge in [-0.15, -0.1) is 0 Å². The topological polar surface area (TPSA) is 124 Å². The minimum atomic E-state index is -0.278. The van der Waals surface area contributed by atoms with E-state index in [0.717, 1.165) is 37.5 Å². The average molecular weight is 378 g/mol. The lowest BCUT2D eigenvalue weighted by Gasteiger charge is -2.33. The largest absolute Gasteiger partial charge is 0.382 e. The van der Waals surface area contributed by atoms with Gasteiger partial charge in [0.05, 0.1) is 6.04 Å². The Kier molecular flexibility index (Phi) is 4.67. The standard InChI is InChI=1S/C18H22N10/c1-12(23-17-13(10-19)15(20)21-11-22-17)16-24-18(14-4-3-5-28(14)25-16)27-8-6-26(2)7-9-27/h3-5,11-12H,6-9H2,1-2H3,(H3,20,21,22,23). The number of nitrogens with two attached hydrogens (primary N) is 1. The molecule has 3 aromatic rings. The van der Waals surface area contributed by atoms with Crippen LogP contribution in [0.4, 0.5) is 17.5 Å². The Hall–Kier alpha value is -3.45. The van der Waals surface area contributed by atoms with Crippen LogP contribution < -0.4 is 16.0 Å². The highest BCUT2D eigenvalue weighted by Crippen LogP contribution is 2.25. The fraction of sp³-hybridized carbons (Fsp3) is 0.389. The zero-order valence-electron chi connectivity index (χ0n) is 15.9. The molecule has 1 fully saturated rings. The van der Waals surface area contributed by atoms with E-state index in [0.29, 0.717) is 11.6 Å². The van der Waals surface area contributed by atoms with Crippen molar-refractivity contribution in [3.05, 3.63) is 36.0 Å². The van der Waals surface area contributed by atoms with Gasteiger partial charge in [0.1, 0.15) is 35.1 Å². The summed E-state index contributed by atoms with van der Waals surface area (Å²) in [6, 6.07) is 5.75. The molecule has 3 N–H and O–H groups in total. The number of nitriles is 1. The Morgan fingerprint density at radius 3 is 2.79 bits per heavy atom. The van der Waals surface area contributed by atoms with Crippen molar-refractivity contribution in [3.8, 4) is 6.07 Å². The van der Waals surface area contributed by atoms with E-state index in [-0.39, 0.29) is 17.4 Å². The van der Waals surface area contributed by atoms with E-state index >= 15 is 0 Å². The van der Waals surface area contributed by atoms with Crippen LogP contribution in [0.25, 0.3) is 5.52 Å². The highest BCUT2D eigenvalue weighted by atomic mass is 15.3. The number of anilines is 3. The minimum absolute atomic E-state index is 0.145. The van der Waals surface area contributed by atoms with Gasteiger partial charge in [-0.05, 0) is 26.1 Å². The molecule has 1 aliphatic heterocycles. The molecule has 0 saturated carbocycles. The van der Waals surface area contributed by atoms with Crippen molar-refractivity contribution >= 4 is 23.0 Å². The van der Waals surface area contributed by atoms with Crippen molar-refractivity contribution < 1.29 is 0 Å². The Labute approximate surface area is 162 Å². The molecule has 1 atom stereocenters. The van der Waals surface area contributed by atoms with Crippen molar-refractivity contribution in [2.45, 2.75) is 13.0 Å². The molecule has 0 amide bonds. The molecule has 0 aromatic carbocycles. The van der Waals surface area contributed by atoms with Crippen LogP contribution in [-0.4, -0.2) is 62.7 Å². The van der Waals surface area contributed by atoms with E-state index in [1.165, 1.54) is 6.33 Å². The Morgan fingerprint density at radius 2 is 2.04 bits per heavy atom. The first-order chi connectivity index (χ1) is 13.6. The average Bonchev–Trinajstić information content (AvgIpc) is 3.17. The number of nitrogen functional groups attached to an aromatic ring is 1. The predicted octanol–water partition coefficient (Wildman–Crippen LogP) is 0.898. The van der Waals surface area contributed by atoms with Crippen molar-refractivity contribution in [2.24, 2.45) is 0 Å². The number of hydrogen-bond acceptors (Lipinski definition) is 9. The summed E-state index contributed by atoms with van der Waals surface area (Å²) in [5.41, 5.74) is 6.97. The summed E-state index contributed by atoms with van der Waals surface area (Å²) in [6.45, 7) is 5.74. The Bertz CT molecular complexity index is 1030. The van der Waals surface area contributed by atoms with Crippen LogP contribution in [0.5, 0.6) is 0 Å². The van der Waals surface area contributed by atoms with Gasteiger partial charge in [0.15, 0.2) is 11.6 Å². The van der Waals surface area contributed by atoms with Gasteiger partial charge in [0.25, 0.3) is 0 Å². The molecular weight excluding hydrogens is 356 g/mol. The molecule has 1 saturated heterocycles. The van der Waals surface area contributed by atoms with Crippen LogP contribution in [-0.2, 0) is 0 Å². The summed E-state index contributed by atoms with van der Waals surface area (Å²) in [5.74, 6) is 2.05. The molecule has 4 heterocycles. The Balaban J connectivity index is 1.67. The normalized spacial score (nSPS) is 16.1. The fourth-order valence-electron chi connectivity index (χ4n) is 3.26. The van der Waals surface area contributed by atoms with Gasteiger partial charge in [0.2, 0.25) is 0 Å². The lowest BCUT2D eigenvalue weighted by Crippen LogP contribution is -2.45. The summed E-state index contributed by atoms with van der Waals surface area (Å²) in [4.78, 5) is 17.5. The molecule has 0 radical (unpaired) electrons. The monoisotopic (exact) mass is 378 g/mol. The first kappa shape index (κ1) is 17.9. The van der Waals surface area contributed by atoms with Crippen molar-refractivity contribution in [1.82, 2.24) is 29.5 Å². The van der Waals surface area contributed by atoms with Crippen LogP contribution in [0.15, 0.2) is 24.7 Å². The summed E-state index contributed by atoms with van der Waals surface area (Å²) < 4.78 is 1.84. The minimum Gasteiger partial charge on any atom is -0.382 e. The fourth-order valence-corrected chi connectivity index (χ4v) is 3.26. The first-order valence-electron chi connectivity index (χ1n) is 9.12. The van der Waals surface area contributed by atoms with Crippen molar-refractivity contribution in [3.63, 3.8) is 0 Å². The van der Waals surface area contributed by atoms with Crippen LogP contribution in [0.3, 0.4) is 0 Å². The molecule has 1 unspecified atom stereocenters. The molecule has 10 heteroatoms. The molecule has 10 nitrogen and oxygen atoms in total. The van der Waals surface area contributed by atoms with Crippen molar-refractivity contribution in [2.75, 3.05) is 49.2 Å². The second-order valence-corrected chi connectivity index (χ2v) is 6.88. The molecule has 4 rings (SSSR count). The van der Waals surface area contributed by atoms with E-state index in [1.54, 1.807) is 0 Å². The maximum Gasteiger partial charge on any atom is 0.173 e. The van der Waals surface area contributed by atoms with Crippen LogP contribution in [0, 0.1) is 11.3 Å². The summed E-state index contributed by atoms with van der Waals surface area (Å²) in [5, 5.41) is 17.2. The van der Waals surface area contributed by atoms with Gasteiger partial charge in [-0.3, -0.25) is 0 Å². The zero-order chi connectivity index (χ0) is 19.7. The van der Waals surface area contributed by atoms with Gasteiger partial charge >= 0.3 is 0 Å². The highest BCUT2D eigenvalue weighted by molar-refractivity contribution is 5.69. The number of hydrogen-bond donors (Lipinski definition) is 2. The number of aromatic nitrogens is 5. The third-order valence-corrected chi connectivity index (χ3v) is 4.92. The molecule has 0 spiro atoms. The number of likely N-dealkylation sites (N-methyl/N-ethyl adjacent to an activating group) is 1. The van der Waals surface area contributed by atoms with Crippen LogP contribution in [0.1, 0.15) is 24.4 Å². The maximum absolute atomic E-state index is 9.34. The van der Waals surface area contributed by atoms with Gasteiger partial charge in [-0.25, -0.2) is 19.5 Å². The lowest BCUT2D eigenvalue weighted by molar-refractivity contribution is 0.312. The van der Waals surface area contributed by atoms with E-state index in [1.807, 2.05) is 35.8 Å². The smallest absolute Gasteiger partial charge is 0.173 e. The molecule has 3 aromatic heterocycles. The predicted molar refractivity (Wildman–Crippen MR) is 106 cm³/mol. The lowest BCUT2D eigenvalue weighted by atomic mass is 10.2. The van der Waals surface area contributed by atoms with E-state index in [4.69, 9.17) is 10.7 Å². The van der Waals surface area contributed by atoms with Gasteiger partial charge < -0.3 is 20.9 Å². The van der Waals surface area contributed by atoms with Crippen molar-refractivity contribution in [1.29, 1.82) is 5.26 Å². The number of fused-ring (bicyclic) bond motifs is 1. The second-order valence-electron chi connectivity index (χ2n) is 6.88. The number of nitrogens with one attached hydrogen (secondary N) is 1. The summed E-state index contributed by atoms with van der Waals surface area (Å²) in [7, 11) is 2.13. The molecule has 28 heavy (non-hydrogen) atoms. The van der Waals surface area contributed by atoms with E-state index in [2.05, 4.69) is 37.2 Å². The van der Waals surface area contributed by atoms with E-state index in [9.17, 15) is 5.26 Å². The quantitative estimate of drug-likeness (QED) is 0.681. The molecular formula is C18H22N10. The maximum atomic E-state index is 9.34. The van der Waals surface area contributed by atoms with Crippen LogP contribution >= 0.6 is 0 Å². The highest BCUT2D eigenvalue weighted by Gasteiger charge is 2.22. The van der Waals surface area contributed by atoms with Gasteiger partial charge in [-0.2, -0.15) is 10.4 Å². The molecule has 1 aliphatic rings.